The van der Waals surface area contributed by atoms with Gasteiger partial charge in [0.1, 0.15) is 0 Å². The third kappa shape index (κ3) is 3.58. The Labute approximate surface area is 112 Å². The highest BCUT2D eigenvalue weighted by atomic mass is 14.9. The Hall–Kier alpha value is -0.820. The van der Waals surface area contributed by atoms with Crippen molar-refractivity contribution in [3.05, 3.63) is 35.4 Å². The lowest BCUT2D eigenvalue weighted by molar-refractivity contribution is 0.292. The van der Waals surface area contributed by atoms with Crippen molar-refractivity contribution in [2.45, 2.75) is 58.4 Å². The van der Waals surface area contributed by atoms with Crippen LogP contribution in [0.4, 0.5) is 0 Å². The van der Waals surface area contributed by atoms with E-state index in [1.807, 2.05) is 0 Å². The van der Waals surface area contributed by atoms with Crippen LogP contribution >= 0.6 is 0 Å². The molecule has 1 heteroatoms. The zero-order valence-electron chi connectivity index (χ0n) is 12.1. The molecule has 1 fully saturated rings. The van der Waals surface area contributed by atoms with Gasteiger partial charge in [-0.2, -0.15) is 0 Å². The number of nitrogens with one attached hydrogen (secondary N) is 1. The molecule has 1 aliphatic carbocycles. The molecule has 1 aliphatic rings. The van der Waals surface area contributed by atoms with Gasteiger partial charge in [-0.3, -0.25) is 0 Å². The molecular weight excluding hydrogens is 218 g/mol. The molecule has 0 radical (unpaired) electrons. The standard InChI is InChI=1S/C17H27N/c1-4-9-18-17-11-16(12-17)15-7-5-14(6-8-15)10-13(2)3/h5-8,13,16-18H,4,9-12H2,1-3H3. The van der Waals surface area contributed by atoms with Crippen LogP contribution in [0.25, 0.3) is 0 Å². The summed E-state index contributed by atoms with van der Waals surface area (Å²) < 4.78 is 0. The first-order valence-corrected chi connectivity index (χ1v) is 7.51. The molecule has 1 aromatic rings. The van der Waals surface area contributed by atoms with E-state index >= 15 is 0 Å². The third-order valence-corrected chi connectivity index (χ3v) is 3.92. The Bertz CT molecular complexity index is 346. The maximum Gasteiger partial charge on any atom is 0.00787 e. The molecular formula is C17H27N. The lowest BCUT2D eigenvalue weighted by Gasteiger charge is -2.36. The number of benzene rings is 1. The normalized spacial score (nSPS) is 23.1. The van der Waals surface area contributed by atoms with E-state index in [4.69, 9.17) is 0 Å². The second kappa shape index (κ2) is 6.38. The largest absolute Gasteiger partial charge is 0.314 e. The Kier molecular flexibility index (Phi) is 4.82. The summed E-state index contributed by atoms with van der Waals surface area (Å²) in [6, 6.07) is 10.1. The molecule has 0 atom stereocenters. The summed E-state index contributed by atoms with van der Waals surface area (Å²) in [4.78, 5) is 0. The van der Waals surface area contributed by atoms with Gasteiger partial charge >= 0.3 is 0 Å². The van der Waals surface area contributed by atoms with Crippen LogP contribution in [-0.4, -0.2) is 12.6 Å². The van der Waals surface area contributed by atoms with Crippen molar-refractivity contribution in [1.29, 1.82) is 0 Å². The van der Waals surface area contributed by atoms with Crippen molar-refractivity contribution >= 4 is 0 Å². The van der Waals surface area contributed by atoms with Crippen molar-refractivity contribution in [1.82, 2.24) is 5.32 Å². The average Bonchev–Trinajstić information content (AvgIpc) is 2.28. The van der Waals surface area contributed by atoms with E-state index in [2.05, 4.69) is 50.4 Å². The summed E-state index contributed by atoms with van der Waals surface area (Å²) in [7, 11) is 0. The fraction of sp³-hybridized carbons (Fsp3) is 0.647. The van der Waals surface area contributed by atoms with Crippen molar-refractivity contribution in [3.63, 3.8) is 0 Å². The predicted molar refractivity (Wildman–Crippen MR) is 79.0 cm³/mol. The molecule has 0 aromatic heterocycles. The summed E-state index contributed by atoms with van der Waals surface area (Å²) in [6.45, 7) is 7.97. The Balaban J connectivity index is 1.81. The molecule has 1 nitrogen and oxygen atoms in total. The van der Waals surface area contributed by atoms with E-state index in [-0.39, 0.29) is 0 Å². The molecule has 0 saturated heterocycles. The van der Waals surface area contributed by atoms with Gasteiger partial charge in [0.15, 0.2) is 0 Å². The van der Waals surface area contributed by atoms with Gasteiger partial charge in [-0.15, -0.1) is 0 Å². The van der Waals surface area contributed by atoms with Crippen molar-refractivity contribution in [3.8, 4) is 0 Å². The summed E-state index contributed by atoms with van der Waals surface area (Å²) in [5, 5.41) is 3.61. The minimum Gasteiger partial charge on any atom is -0.314 e. The van der Waals surface area contributed by atoms with E-state index in [0.717, 1.165) is 17.9 Å². The maximum atomic E-state index is 3.61. The van der Waals surface area contributed by atoms with E-state index in [0.29, 0.717) is 0 Å². The Morgan fingerprint density at radius 1 is 1.17 bits per heavy atom. The molecule has 0 aliphatic heterocycles. The zero-order valence-corrected chi connectivity index (χ0v) is 12.1. The molecule has 0 amide bonds. The number of hydrogen-bond donors (Lipinski definition) is 1. The Morgan fingerprint density at radius 3 is 2.39 bits per heavy atom. The summed E-state index contributed by atoms with van der Waals surface area (Å²) in [5.41, 5.74) is 3.02. The first kappa shape index (κ1) is 13.6. The molecule has 0 bridgehead atoms. The van der Waals surface area contributed by atoms with E-state index in [9.17, 15) is 0 Å². The number of rotatable bonds is 6. The summed E-state index contributed by atoms with van der Waals surface area (Å²) in [6.07, 6.45) is 5.09. The third-order valence-electron chi connectivity index (χ3n) is 3.92. The quantitative estimate of drug-likeness (QED) is 0.794. The van der Waals surface area contributed by atoms with Gasteiger partial charge in [-0.1, -0.05) is 45.0 Å². The first-order chi connectivity index (χ1) is 8.69. The minimum absolute atomic E-state index is 0.752. The fourth-order valence-corrected chi connectivity index (χ4v) is 2.80. The van der Waals surface area contributed by atoms with Gasteiger partial charge < -0.3 is 5.32 Å². The molecule has 1 aromatic carbocycles. The lowest BCUT2D eigenvalue weighted by Crippen LogP contribution is -2.40. The van der Waals surface area contributed by atoms with Gasteiger partial charge in [0.25, 0.3) is 0 Å². The topological polar surface area (TPSA) is 12.0 Å². The van der Waals surface area contributed by atoms with Crippen LogP contribution in [0, 0.1) is 5.92 Å². The monoisotopic (exact) mass is 245 g/mol. The Morgan fingerprint density at radius 2 is 1.83 bits per heavy atom. The van der Waals surface area contributed by atoms with Gasteiger partial charge in [0, 0.05) is 6.04 Å². The van der Waals surface area contributed by atoms with Crippen molar-refractivity contribution < 1.29 is 0 Å². The van der Waals surface area contributed by atoms with Gasteiger partial charge in [-0.25, -0.2) is 0 Å². The second-order valence-electron chi connectivity index (χ2n) is 6.16. The highest BCUT2D eigenvalue weighted by Gasteiger charge is 2.29. The highest BCUT2D eigenvalue weighted by molar-refractivity contribution is 5.27. The van der Waals surface area contributed by atoms with Crippen LogP contribution in [0.15, 0.2) is 24.3 Å². The SMILES string of the molecule is CCCNC1CC(c2ccc(CC(C)C)cc2)C1. The fourth-order valence-electron chi connectivity index (χ4n) is 2.80. The van der Waals surface area contributed by atoms with Gasteiger partial charge in [-0.05, 0) is 55.2 Å². The maximum absolute atomic E-state index is 3.61. The molecule has 1 saturated carbocycles. The predicted octanol–water partition coefficient (Wildman–Crippen LogP) is 4.13. The van der Waals surface area contributed by atoms with E-state index in [1.165, 1.54) is 43.4 Å². The van der Waals surface area contributed by atoms with Crippen LogP contribution in [0.5, 0.6) is 0 Å². The average molecular weight is 245 g/mol. The minimum atomic E-state index is 0.752. The summed E-state index contributed by atoms with van der Waals surface area (Å²) in [5.74, 6) is 1.55. The van der Waals surface area contributed by atoms with Crippen molar-refractivity contribution in [2.24, 2.45) is 5.92 Å². The molecule has 0 spiro atoms. The second-order valence-corrected chi connectivity index (χ2v) is 6.16. The van der Waals surface area contributed by atoms with E-state index < -0.39 is 0 Å². The van der Waals surface area contributed by atoms with Crippen LogP contribution < -0.4 is 5.32 Å². The van der Waals surface area contributed by atoms with E-state index in [1.54, 1.807) is 0 Å². The molecule has 2 rings (SSSR count). The zero-order chi connectivity index (χ0) is 13.0. The molecule has 18 heavy (non-hydrogen) atoms. The lowest BCUT2D eigenvalue weighted by atomic mass is 9.75. The first-order valence-electron chi connectivity index (χ1n) is 7.51. The van der Waals surface area contributed by atoms with Crippen LogP contribution in [0.3, 0.4) is 0 Å². The van der Waals surface area contributed by atoms with Crippen LogP contribution in [-0.2, 0) is 6.42 Å². The molecule has 1 N–H and O–H groups in total. The molecule has 0 unspecified atom stereocenters. The number of hydrogen-bond acceptors (Lipinski definition) is 1. The smallest absolute Gasteiger partial charge is 0.00787 e. The van der Waals surface area contributed by atoms with Crippen LogP contribution in [0.1, 0.15) is 57.1 Å². The van der Waals surface area contributed by atoms with Crippen molar-refractivity contribution in [2.75, 3.05) is 6.54 Å². The van der Waals surface area contributed by atoms with Gasteiger partial charge in [0.05, 0.1) is 0 Å². The summed E-state index contributed by atoms with van der Waals surface area (Å²) >= 11 is 0. The molecule has 100 valence electrons. The molecule has 0 heterocycles. The van der Waals surface area contributed by atoms with Crippen LogP contribution in [0.2, 0.25) is 0 Å². The van der Waals surface area contributed by atoms with Gasteiger partial charge in [0.2, 0.25) is 0 Å². The highest BCUT2D eigenvalue weighted by Crippen LogP contribution is 2.36.